The minimum Gasteiger partial charge on any atom is -0.330 e. The van der Waals surface area contributed by atoms with Crippen LogP contribution in [0.4, 0.5) is 16.5 Å². The van der Waals surface area contributed by atoms with E-state index in [2.05, 4.69) is 26.9 Å². The van der Waals surface area contributed by atoms with Crippen molar-refractivity contribution in [2.45, 2.75) is 18.2 Å². The van der Waals surface area contributed by atoms with E-state index < -0.39 is 0 Å². The number of para-hydroxylation sites is 1. The molecule has 1 aromatic heterocycles. The highest BCUT2D eigenvalue weighted by molar-refractivity contribution is 8.01. The molecule has 0 aliphatic heterocycles. The molecule has 1 heterocycles. The Morgan fingerprint density at radius 3 is 2.68 bits per heavy atom. The van der Waals surface area contributed by atoms with E-state index in [1.807, 2.05) is 56.3 Å². The van der Waals surface area contributed by atoms with Crippen LogP contribution in [-0.4, -0.2) is 21.9 Å². The van der Waals surface area contributed by atoms with Gasteiger partial charge in [0.25, 0.3) is 0 Å². The van der Waals surface area contributed by atoms with Gasteiger partial charge in [0, 0.05) is 11.4 Å². The maximum absolute atomic E-state index is 12.1. The molecule has 1 amide bonds. The van der Waals surface area contributed by atoms with E-state index in [1.165, 1.54) is 28.7 Å². The van der Waals surface area contributed by atoms with E-state index in [4.69, 9.17) is 0 Å². The van der Waals surface area contributed by atoms with Crippen LogP contribution in [0.25, 0.3) is 0 Å². The Morgan fingerprint density at radius 1 is 1.12 bits per heavy atom. The van der Waals surface area contributed by atoms with Crippen LogP contribution in [0.2, 0.25) is 0 Å². The van der Waals surface area contributed by atoms with Gasteiger partial charge in [-0.05, 0) is 37.6 Å². The molecule has 0 unspecified atom stereocenters. The second-order valence-electron chi connectivity index (χ2n) is 5.52. The van der Waals surface area contributed by atoms with Crippen LogP contribution in [0.1, 0.15) is 11.1 Å². The number of amides is 1. The Balaban J connectivity index is 1.52. The molecule has 2 N–H and O–H groups in total. The highest BCUT2D eigenvalue weighted by atomic mass is 32.2. The summed E-state index contributed by atoms with van der Waals surface area (Å²) in [4.78, 5) is 12.1. The Labute approximate surface area is 154 Å². The van der Waals surface area contributed by atoms with E-state index in [0.717, 1.165) is 21.3 Å². The lowest BCUT2D eigenvalue weighted by Gasteiger charge is -2.08. The Morgan fingerprint density at radius 2 is 1.92 bits per heavy atom. The monoisotopic (exact) mass is 370 g/mol. The summed E-state index contributed by atoms with van der Waals surface area (Å²) < 4.78 is 0.759. The summed E-state index contributed by atoms with van der Waals surface area (Å²) in [6.07, 6.45) is 0. The van der Waals surface area contributed by atoms with Crippen LogP contribution >= 0.6 is 23.1 Å². The summed E-state index contributed by atoms with van der Waals surface area (Å²) in [6.45, 7) is 4.02. The van der Waals surface area contributed by atoms with Gasteiger partial charge in [-0.15, -0.1) is 10.2 Å². The topological polar surface area (TPSA) is 66.9 Å². The second-order valence-corrected chi connectivity index (χ2v) is 7.72. The van der Waals surface area contributed by atoms with Gasteiger partial charge in [-0.2, -0.15) is 0 Å². The Hall–Kier alpha value is -2.38. The third-order valence-corrected chi connectivity index (χ3v) is 5.39. The molecule has 0 spiro atoms. The maximum Gasteiger partial charge on any atom is 0.234 e. The normalized spacial score (nSPS) is 10.5. The summed E-state index contributed by atoms with van der Waals surface area (Å²) in [5.41, 5.74) is 4.04. The molecule has 25 heavy (non-hydrogen) atoms. The van der Waals surface area contributed by atoms with Crippen LogP contribution in [0.3, 0.4) is 0 Å². The quantitative estimate of drug-likeness (QED) is 0.619. The standard InChI is InChI=1S/C18H18N4OS2/c1-12-8-9-15(13(2)10-12)20-16(23)11-24-18-22-21-17(25-18)19-14-6-4-3-5-7-14/h3-10H,11H2,1-2H3,(H,19,21)(H,20,23). The average molecular weight is 371 g/mol. The number of carbonyl (C=O) groups excluding carboxylic acids is 1. The maximum atomic E-state index is 12.1. The van der Waals surface area contributed by atoms with Gasteiger partial charge in [-0.25, -0.2) is 0 Å². The van der Waals surface area contributed by atoms with E-state index in [9.17, 15) is 4.79 Å². The number of nitrogens with zero attached hydrogens (tertiary/aromatic N) is 2. The van der Waals surface area contributed by atoms with Gasteiger partial charge in [-0.1, -0.05) is 59.0 Å². The van der Waals surface area contributed by atoms with Crippen molar-refractivity contribution in [3.63, 3.8) is 0 Å². The smallest absolute Gasteiger partial charge is 0.234 e. The number of rotatable bonds is 6. The van der Waals surface area contributed by atoms with Crippen molar-refractivity contribution in [2.75, 3.05) is 16.4 Å². The molecule has 3 aromatic rings. The summed E-state index contributed by atoms with van der Waals surface area (Å²) in [7, 11) is 0. The molecule has 0 atom stereocenters. The highest BCUT2D eigenvalue weighted by Crippen LogP contribution is 2.27. The fraction of sp³-hybridized carbons (Fsp3) is 0.167. The van der Waals surface area contributed by atoms with Crippen molar-refractivity contribution in [1.29, 1.82) is 0 Å². The molecule has 0 radical (unpaired) electrons. The summed E-state index contributed by atoms with van der Waals surface area (Å²) in [6, 6.07) is 15.8. The van der Waals surface area contributed by atoms with Crippen LogP contribution in [-0.2, 0) is 4.79 Å². The molecule has 0 saturated heterocycles. The fourth-order valence-electron chi connectivity index (χ4n) is 2.23. The molecular formula is C18H18N4OS2. The first-order chi connectivity index (χ1) is 12.1. The molecule has 2 aromatic carbocycles. The molecule has 0 aliphatic carbocycles. The van der Waals surface area contributed by atoms with Crippen LogP contribution in [0, 0.1) is 13.8 Å². The zero-order valence-corrected chi connectivity index (χ0v) is 15.6. The lowest BCUT2D eigenvalue weighted by atomic mass is 10.1. The molecule has 7 heteroatoms. The average Bonchev–Trinajstić information content (AvgIpc) is 3.04. The van der Waals surface area contributed by atoms with Crippen LogP contribution in [0.15, 0.2) is 52.9 Å². The van der Waals surface area contributed by atoms with E-state index >= 15 is 0 Å². The summed E-state index contributed by atoms with van der Waals surface area (Å²) in [5, 5.41) is 15.1. The van der Waals surface area contributed by atoms with Crippen molar-refractivity contribution in [2.24, 2.45) is 0 Å². The first-order valence-corrected chi connectivity index (χ1v) is 9.56. The number of hydrogen-bond donors (Lipinski definition) is 2. The number of thioether (sulfide) groups is 1. The van der Waals surface area contributed by atoms with Gasteiger partial charge < -0.3 is 10.6 Å². The third-order valence-electron chi connectivity index (χ3n) is 3.41. The SMILES string of the molecule is Cc1ccc(NC(=O)CSc2nnc(Nc3ccccc3)s2)c(C)c1. The molecule has 3 rings (SSSR count). The predicted octanol–water partition coefficient (Wildman–Crippen LogP) is 4.63. The number of nitrogens with one attached hydrogen (secondary N) is 2. The van der Waals surface area contributed by atoms with Crippen molar-refractivity contribution in [3.05, 3.63) is 59.7 Å². The number of benzene rings is 2. The number of carbonyl (C=O) groups is 1. The number of aromatic nitrogens is 2. The van der Waals surface area contributed by atoms with E-state index in [-0.39, 0.29) is 5.91 Å². The van der Waals surface area contributed by atoms with Crippen LogP contribution < -0.4 is 10.6 Å². The summed E-state index contributed by atoms with van der Waals surface area (Å²) in [5.74, 6) is 0.248. The van der Waals surface area contributed by atoms with Crippen molar-refractivity contribution >= 4 is 45.5 Å². The van der Waals surface area contributed by atoms with Crippen molar-refractivity contribution < 1.29 is 4.79 Å². The minimum atomic E-state index is -0.0512. The Kier molecular flexibility index (Phi) is 5.67. The molecule has 128 valence electrons. The molecule has 0 fully saturated rings. The van der Waals surface area contributed by atoms with Gasteiger partial charge in [-0.3, -0.25) is 4.79 Å². The second kappa shape index (κ2) is 8.13. The number of anilines is 3. The molecule has 0 bridgehead atoms. The zero-order chi connectivity index (χ0) is 17.6. The molecule has 5 nitrogen and oxygen atoms in total. The predicted molar refractivity (Wildman–Crippen MR) is 105 cm³/mol. The lowest BCUT2D eigenvalue weighted by molar-refractivity contribution is -0.113. The number of aryl methyl sites for hydroxylation is 2. The van der Waals surface area contributed by atoms with Gasteiger partial charge in [0.15, 0.2) is 4.34 Å². The minimum absolute atomic E-state index is 0.0512. The summed E-state index contributed by atoms with van der Waals surface area (Å²) >= 11 is 2.81. The van der Waals surface area contributed by atoms with Gasteiger partial charge in [0.2, 0.25) is 11.0 Å². The third kappa shape index (κ3) is 5.04. The van der Waals surface area contributed by atoms with Gasteiger partial charge in [0.05, 0.1) is 5.75 Å². The first-order valence-electron chi connectivity index (χ1n) is 7.75. The highest BCUT2D eigenvalue weighted by Gasteiger charge is 2.09. The lowest BCUT2D eigenvalue weighted by Crippen LogP contribution is -2.14. The van der Waals surface area contributed by atoms with Crippen LogP contribution in [0.5, 0.6) is 0 Å². The first kappa shape index (κ1) is 17.4. The van der Waals surface area contributed by atoms with E-state index in [1.54, 1.807) is 0 Å². The molecule has 0 saturated carbocycles. The zero-order valence-electron chi connectivity index (χ0n) is 13.9. The number of hydrogen-bond acceptors (Lipinski definition) is 6. The molecular weight excluding hydrogens is 352 g/mol. The van der Waals surface area contributed by atoms with E-state index in [0.29, 0.717) is 10.9 Å². The van der Waals surface area contributed by atoms with Crippen molar-refractivity contribution in [3.8, 4) is 0 Å². The van der Waals surface area contributed by atoms with Gasteiger partial charge in [0.1, 0.15) is 0 Å². The van der Waals surface area contributed by atoms with Crippen molar-refractivity contribution in [1.82, 2.24) is 10.2 Å². The molecule has 0 aliphatic rings. The Bertz CT molecular complexity index is 865. The van der Waals surface area contributed by atoms with Gasteiger partial charge >= 0.3 is 0 Å². The fourth-order valence-corrected chi connectivity index (χ4v) is 3.80. The largest absolute Gasteiger partial charge is 0.330 e.